The fourth-order valence-corrected chi connectivity index (χ4v) is 4.69. The zero-order valence-corrected chi connectivity index (χ0v) is 19.0. The first kappa shape index (κ1) is 23.0. The Kier molecular flexibility index (Phi) is 7.75. The van der Waals surface area contributed by atoms with E-state index in [1.807, 2.05) is 35.2 Å². The molecule has 176 valence electrons. The van der Waals surface area contributed by atoms with Crippen LogP contribution in [0.1, 0.15) is 50.5 Å². The zero-order chi connectivity index (χ0) is 23.0. The van der Waals surface area contributed by atoms with Crippen molar-refractivity contribution in [1.29, 1.82) is 0 Å². The Morgan fingerprint density at radius 1 is 1.00 bits per heavy atom. The highest BCUT2D eigenvalue weighted by molar-refractivity contribution is 5.92. The Morgan fingerprint density at radius 3 is 2.45 bits per heavy atom. The Labute approximate surface area is 194 Å². The first-order valence-corrected chi connectivity index (χ1v) is 12.0. The standard InChI is InChI=1S/C25H33N5O3/c31-23(27-21-8-4-5-9-21)18-30-17-22(16-26-30)28-25(33)20-12-14-29(15-13-20)24(32)11-10-19-6-2-1-3-7-19/h1-3,6-7,16-17,20-21H,4-5,8-15,18H2,(H,27,31)(H,28,33). The van der Waals surface area contributed by atoms with Gasteiger partial charge in [-0.15, -0.1) is 0 Å². The van der Waals surface area contributed by atoms with E-state index in [1.54, 1.807) is 17.1 Å². The van der Waals surface area contributed by atoms with Crippen LogP contribution in [-0.2, 0) is 27.3 Å². The second kappa shape index (κ2) is 11.1. The third kappa shape index (κ3) is 6.66. The van der Waals surface area contributed by atoms with Crippen LogP contribution in [0.2, 0.25) is 0 Å². The Morgan fingerprint density at radius 2 is 1.73 bits per heavy atom. The first-order chi connectivity index (χ1) is 16.1. The highest BCUT2D eigenvalue weighted by Crippen LogP contribution is 2.21. The van der Waals surface area contributed by atoms with E-state index in [2.05, 4.69) is 15.7 Å². The van der Waals surface area contributed by atoms with Crippen LogP contribution >= 0.6 is 0 Å². The van der Waals surface area contributed by atoms with Crippen molar-refractivity contribution in [3.05, 3.63) is 48.3 Å². The number of aromatic nitrogens is 2. The van der Waals surface area contributed by atoms with Crippen molar-refractivity contribution < 1.29 is 14.4 Å². The number of aryl methyl sites for hydroxylation is 1. The van der Waals surface area contributed by atoms with Gasteiger partial charge in [-0.3, -0.25) is 19.1 Å². The molecule has 0 unspecified atom stereocenters. The zero-order valence-electron chi connectivity index (χ0n) is 19.0. The molecular weight excluding hydrogens is 418 g/mol. The van der Waals surface area contributed by atoms with Gasteiger partial charge in [-0.1, -0.05) is 43.2 Å². The molecule has 0 atom stereocenters. The maximum atomic E-state index is 12.7. The third-order valence-electron chi connectivity index (χ3n) is 6.62. The monoisotopic (exact) mass is 451 g/mol. The SMILES string of the molecule is O=C(Cn1cc(NC(=O)C2CCN(C(=O)CCc3ccccc3)CC2)cn1)NC1CCCC1. The van der Waals surface area contributed by atoms with Crippen molar-refractivity contribution in [3.63, 3.8) is 0 Å². The molecule has 1 aromatic heterocycles. The number of carbonyl (C=O) groups is 3. The second-order valence-electron chi connectivity index (χ2n) is 9.11. The molecule has 2 aliphatic rings. The smallest absolute Gasteiger partial charge is 0.241 e. The van der Waals surface area contributed by atoms with Gasteiger partial charge in [-0.2, -0.15) is 5.10 Å². The van der Waals surface area contributed by atoms with Gasteiger partial charge in [0.2, 0.25) is 17.7 Å². The van der Waals surface area contributed by atoms with E-state index in [9.17, 15) is 14.4 Å². The molecule has 4 rings (SSSR count). The summed E-state index contributed by atoms with van der Waals surface area (Å²) in [6.07, 6.45) is 10.2. The lowest BCUT2D eigenvalue weighted by atomic mass is 9.95. The molecule has 33 heavy (non-hydrogen) atoms. The van der Waals surface area contributed by atoms with Crippen LogP contribution in [0.3, 0.4) is 0 Å². The summed E-state index contributed by atoms with van der Waals surface area (Å²) in [7, 11) is 0. The summed E-state index contributed by atoms with van der Waals surface area (Å²) >= 11 is 0. The van der Waals surface area contributed by atoms with Gasteiger partial charge >= 0.3 is 0 Å². The van der Waals surface area contributed by atoms with Gasteiger partial charge in [0.05, 0.1) is 11.9 Å². The van der Waals surface area contributed by atoms with Crippen molar-refractivity contribution in [2.24, 2.45) is 5.92 Å². The fraction of sp³-hybridized carbons (Fsp3) is 0.520. The van der Waals surface area contributed by atoms with Gasteiger partial charge in [0.15, 0.2) is 0 Å². The fourth-order valence-electron chi connectivity index (χ4n) is 4.69. The maximum Gasteiger partial charge on any atom is 0.241 e. The molecular formula is C25H33N5O3. The van der Waals surface area contributed by atoms with Crippen LogP contribution < -0.4 is 10.6 Å². The molecule has 8 heteroatoms. The predicted molar refractivity (Wildman–Crippen MR) is 125 cm³/mol. The van der Waals surface area contributed by atoms with E-state index in [0.717, 1.165) is 24.8 Å². The molecule has 2 aromatic rings. The van der Waals surface area contributed by atoms with E-state index in [1.165, 1.54) is 12.8 Å². The average molecular weight is 452 g/mol. The number of amides is 3. The Bertz CT molecular complexity index is 944. The second-order valence-corrected chi connectivity index (χ2v) is 9.11. The van der Waals surface area contributed by atoms with E-state index in [0.29, 0.717) is 38.0 Å². The highest BCUT2D eigenvalue weighted by atomic mass is 16.2. The average Bonchev–Trinajstić information content (AvgIpc) is 3.50. The summed E-state index contributed by atoms with van der Waals surface area (Å²) in [5.41, 5.74) is 1.76. The van der Waals surface area contributed by atoms with Crippen LogP contribution in [0.4, 0.5) is 5.69 Å². The Hall–Kier alpha value is -3.16. The normalized spacial score (nSPS) is 17.2. The summed E-state index contributed by atoms with van der Waals surface area (Å²) in [6.45, 7) is 1.36. The number of nitrogens with one attached hydrogen (secondary N) is 2. The minimum Gasteiger partial charge on any atom is -0.352 e. The van der Waals surface area contributed by atoms with Crippen LogP contribution in [-0.4, -0.2) is 51.5 Å². The first-order valence-electron chi connectivity index (χ1n) is 12.0. The predicted octanol–water partition coefficient (Wildman–Crippen LogP) is 2.75. The molecule has 0 radical (unpaired) electrons. The maximum absolute atomic E-state index is 12.7. The van der Waals surface area contributed by atoms with Crippen molar-refractivity contribution in [2.75, 3.05) is 18.4 Å². The molecule has 2 fully saturated rings. The van der Waals surface area contributed by atoms with Gasteiger partial charge < -0.3 is 15.5 Å². The quantitative estimate of drug-likeness (QED) is 0.645. The number of hydrogen-bond acceptors (Lipinski definition) is 4. The van der Waals surface area contributed by atoms with Crippen molar-refractivity contribution in [2.45, 2.75) is 64.0 Å². The summed E-state index contributed by atoms with van der Waals surface area (Å²) < 4.78 is 1.55. The van der Waals surface area contributed by atoms with Crippen LogP contribution in [0.25, 0.3) is 0 Å². The van der Waals surface area contributed by atoms with Crippen molar-refractivity contribution >= 4 is 23.4 Å². The topological polar surface area (TPSA) is 96.3 Å². The largest absolute Gasteiger partial charge is 0.352 e. The molecule has 1 aliphatic carbocycles. The van der Waals surface area contributed by atoms with Crippen LogP contribution in [0, 0.1) is 5.92 Å². The number of likely N-dealkylation sites (tertiary alicyclic amines) is 1. The van der Waals surface area contributed by atoms with Gasteiger partial charge in [-0.05, 0) is 37.7 Å². The van der Waals surface area contributed by atoms with Gasteiger partial charge in [0.25, 0.3) is 0 Å². The Balaban J connectivity index is 1.18. The molecule has 2 N–H and O–H groups in total. The molecule has 8 nitrogen and oxygen atoms in total. The third-order valence-corrected chi connectivity index (χ3v) is 6.62. The lowest BCUT2D eigenvalue weighted by Gasteiger charge is -2.31. The summed E-state index contributed by atoms with van der Waals surface area (Å²) in [6, 6.07) is 10.3. The number of rotatable bonds is 8. The molecule has 1 saturated carbocycles. The van der Waals surface area contributed by atoms with Gasteiger partial charge in [0, 0.05) is 37.7 Å². The highest BCUT2D eigenvalue weighted by Gasteiger charge is 2.27. The van der Waals surface area contributed by atoms with Crippen LogP contribution in [0.5, 0.6) is 0 Å². The lowest BCUT2D eigenvalue weighted by Crippen LogP contribution is -2.41. The minimum atomic E-state index is -0.128. The molecule has 1 aliphatic heterocycles. The number of hydrogen-bond donors (Lipinski definition) is 2. The van der Waals surface area contributed by atoms with E-state index >= 15 is 0 Å². The number of nitrogens with zero attached hydrogens (tertiary/aromatic N) is 3. The summed E-state index contributed by atoms with van der Waals surface area (Å²) in [5, 5.41) is 10.2. The number of piperidine rings is 1. The number of anilines is 1. The van der Waals surface area contributed by atoms with Crippen LogP contribution in [0.15, 0.2) is 42.7 Å². The van der Waals surface area contributed by atoms with Crippen molar-refractivity contribution in [3.8, 4) is 0 Å². The van der Waals surface area contributed by atoms with E-state index in [4.69, 9.17) is 0 Å². The number of carbonyl (C=O) groups excluding carboxylic acids is 3. The van der Waals surface area contributed by atoms with Crippen molar-refractivity contribution in [1.82, 2.24) is 20.0 Å². The molecule has 1 saturated heterocycles. The van der Waals surface area contributed by atoms with Gasteiger partial charge in [0.1, 0.15) is 6.54 Å². The van der Waals surface area contributed by atoms with E-state index < -0.39 is 0 Å². The summed E-state index contributed by atoms with van der Waals surface area (Å²) in [4.78, 5) is 39.2. The molecule has 2 heterocycles. The summed E-state index contributed by atoms with van der Waals surface area (Å²) in [5.74, 6) is -0.0828. The van der Waals surface area contributed by atoms with Gasteiger partial charge in [-0.25, -0.2) is 0 Å². The lowest BCUT2D eigenvalue weighted by molar-refractivity contribution is -0.134. The molecule has 3 amide bonds. The minimum absolute atomic E-state index is 0.0489. The van der Waals surface area contributed by atoms with E-state index in [-0.39, 0.29) is 36.2 Å². The molecule has 0 bridgehead atoms. The molecule has 1 aromatic carbocycles. The number of benzene rings is 1. The molecule has 0 spiro atoms.